The lowest BCUT2D eigenvalue weighted by Gasteiger charge is -2.10. The van der Waals surface area contributed by atoms with Crippen molar-refractivity contribution in [2.75, 3.05) is 14.2 Å². The Bertz CT molecular complexity index is 983. The van der Waals surface area contributed by atoms with Crippen molar-refractivity contribution in [1.82, 2.24) is 9.78 Å². The summed E-state index contributed by atoms with van der Waals surface area (Å²) in [5.41, 5.74) is 2.23. The number of nitrogens with zero attached hydrogens (tertiary/aromatic N) is 3. The van der Waals surface area contributed by atoms with Gasteiger partial charge in [0.25, 0.3) is 0 Å². The highest BCUT2D eigenvalue weighted by atomic mass is 35.5. The molecule has 28 heavy (non-hydrogen) atoms. The third-order valence-corrected chi connectivity index (χ3v) is 4.12. The van der Waals surface area contributed by atoms with Crippen LogP contribution in [0.1, 0.15) is 11.1 Å². The van der Waals surface area contributed by atoms with E-state index in [1.54, 1.807) is 41.2 Å². The molecule has 144 valence electrons. The summed E-state index contributed by atoms with van der Waals surface area (Å²) in [6.45, 7) is 0.188. The van der Waals surface area contributed by atoms with Crippen LogP contribution in [0.3, 0.4) is 0 Å². The van der Waals surface area contributed by atoms with Gasteiger partial charge in [-0.15, -0.1) is 5.10 Å². The molecule has 3 aromatic rings. The predicted molar refractivity (Wildman–Crippen MR) is 105 cm³/mol. The van der Waals surface area contributed by atoms with Gasteiger partial charge in [0.2, 0.25) is 5.88 Å². The Morgan fingerprint density at radius 1 is 1.11 bits per heavy atom. The zero-order valence-corrected chi connectivity index (χ0v) is 16.1. The number of aromatic nitrogens is 2. The second-order valence-corrected chi connectivity index (χ2v) is 6.07. The molecule has 0 unspecified atom stereocenters. The van der Waals surface area contributed by atoms with Gasteiger partial charge >= 0.3 is 5.97 Å². The van der Waals surface area contributed by atoms with Gasteiger partial charge in [-0.1, -0.05) is 41.0 Å². The highest BCUT2D eigenvalue weighted by molar-refractivity contribution is 6.43. The van der Waals surface area contributed by atoms with Crippen LogP contribution in [0.5, 0.6) is 5.88 Å². The first-order chi connectivity index (χ1) is 13.6. The van der Waals surface area contributed by atoms with E-state index < -0.39 is 5.97 Å². The molecular formula is C20H18ClN3O4. The van der Waals surface area contributed by atoms with Crippen molar-refractivity contribution < 1.29 is 19.1 Å². The highest BCUT2D eigenvalue weighted by Crippen LogP contribution is 2.18. The third-order valence-electron chi connectivity index (χ3n) is 3.87. The molecule has 0 spiro atoms. The number of carbonyl (C=O) groups excluding carboxylic acids is 1. The average Bonchev–Trinajstić information content (AvgIpc) is 3.20. The molecule has 2 aromatic carbocycles. The molecular weight excluding hydrogens is 382 g/mol. The Kier molecular flexibility index (Phi) is 6.29. The normalized spacial score (nSPS) is 11.2. The van der Waals surface area contributed by atoms with Crippen LogP contribution in [0, 0.1) is 0 Å². The molecule has 0 aliphatic carbocycles. The molecule has 1 heterocycles. The molecule has 0 radical (unpaired) electrons. The van der Waals surface area contributed by atoms with Crippen LogP contribution < -0.4 is 4.74 Å². The molecule has 0 aliphatic heterocycles. The average molecular weight is 400 g/mol. The van der Waals surface area contributed by atoms with Gasteiger partial charge in [0.1, 0.15) is 13.7 Å². The number of hydrogen-bond donors (Lipinski definition) is 0. The van der Waals surface area contributed by atoms with Gasteiger partial charge in [0, 0.05) is 22.8 Å². The number of esters is 1. The third kappa shape index (κ3) is 4.50. The standard InChI is InChI=1S/C20H18ClN3O4/c1-26-20(25)19(23-27-2)17-6-4-3-5-14(17)13-28-18-11-12-24(22-18)16-9-7-15(21)8-10-16/h3-12H,13H2,1-2H3/b23-19-. The number of carbonyl (C=O) groups is 1. The summed E-state index contributed by atoms with van der Waals surface area (Å²) in [6, 6.07) is 16.3. The molecule has 0 saturated heterocycles. The van der Waals surface area contributed by atoms with Crippen molar-refractivity contribution in [3.05, 3.63) is 76.9 Å². The van der Waals surface area contributed by atoms with Crippen molar-refractivity contribution in [1.29, 1.82) is 0 Å². The molecule has 7 nitrogen and oxygen atoms in total. The van der Waals surface area contributed by atoms with Gasteiger partial charge in [-0.25, -0.2) is 9.48 Å². The van der Waals surface area contributed by atoms with Crippen molar-refractivity contribution >= 4 is 23.3 Å². The zero-order valence-electron chi connectivity index (χ0n) is 15.3. The van der Waals surface area contributed by atoms with Gasteiger partial charge in [0.05, 0.1) is 12.8 Å². The van der Waals surface area contributed by atoms with E-state index in [0.717, 1.165) is 11.3 Å². The summed E-state index contributed by atoms with van der Waals surface area (Å²) in [6.07, 6.45) is 1.79. The van der Waals surface area contributed by atoms with Gasteiger partial charge in [-0.05, 0) is 29.8 Å². The van der Waals surface area contributed by atoms with Crippen LogP contribution in [-0.2, 0) is 21.0 Å². The largest absolute Gasteiger partial charge is 0.472 e. The van der Waals surface area contributed by atoms with Crippen molar-refractivity contribution in [2.45, 2.75) is 6.61 Å². The first kappa shape index (κ1) is 19.4. The summed E-state index contributed by atoms with van der Waals surface area (Å²) in [5.74, 6) is -0.158. The minimum absolute atomic E-state index is 0.0656. The van der Waals surface area contributed by atoms with E-state index >= 15 is 0 Å². The van der Waals surface area contributed by atoms with Gasteiger partial charge in [-0.2, -0.15) is 0 Å². The summed E-state index contributed by atoms with van der Waals surface area (Å²) in [5, 5.41) is 8.84. The lowest BCUT2D eigenvalue weighted by Crippen LogP contribution is -2.19. The Hall–Kier alpha value is -3.32. The van der Waals surface area contributed by atoms with Crippen LogP contribution in [0.4, 0.5) is 0 Å². The van der Waals surface area contributed by atoms with Crippen molar-refractivity contribution in [2.24, 2.45) is 5.16 Å². The van der Waals surface area contributed by atoms with E-state index in [-0.39, 0.29) is 12.3 Å². The lowest BCUT2D eigenvalue weighted by atomic mass is 10.0. The van der Waals surface area contributed by atoms with Gasteiger partial charge in [-0.3, -0.25) is 0 Å². The summed E-state index contributed by atoms with van der Waals surface area (Å²) in [4.78, 5) is 16.8. The Morgan fingerprint density at radius 3 is 2.57 bits per heavy atom. The SMILES string of the molecule is CO/N=C(\C(=O)OC)c1ccccc1COc1ccn(-c2ccc(Cl)cc2)n1. The van der Waals surface area contributed by atoms with Crippen LogP contribution in [-0.4, -0.2) is 35.7 Å². The predicted octanol–water partition coefficient (Wildman–Crippen LogP) is 3.63. The molecule has 0 atom stereocenters. The van der Waals surface area contributed by atoms with E-state index in [0.29, 0.717) is 16.5 Å². The second kappa shape index (κ2) is 9.05. The van der Waals surface area contributed by atoms with E-state index in [9.17, 15) is 4.79 Å². The van der Waals surface area contributed by atoms with E-state index in [4.69, 9.17) is 25.9 Å². The minimum atomic E-state index is -0.596. The fourth-order valence-corrected chi connectivity index (χ4v) is 2.66. The smallest absolute Gasteiger partial charge is 0.360 e. The molecule has 0 aliphatic rings. The topological polar surface area (TPSA) is 74.9 Å². The van der Waals surface area contributed by atoms with E-state index in [1.165, 1.54) is 14.2 Å². The van der Waals surface area contributed by atoms with E-state index in [1.807, 2.05) is 24.3 Å². The van der Waals surface area contributed by atoms with E-state index in [2.05, 4.69) is 10.3 Å². The quantitative estimate of drug-likeness (QED) is 0.344. The van der Waals surface area contributed by atoms with Crippen molar-refractivity contribution in [3.8, 4) is 11.6 Å². The molecule has 1 aromatic heterocycles. The summed E-state index contributed by atoms with van der Waals surface area (Å²) >= 11 is 5.91. The number of methoxy groups -OCH3 is 1. The number of rotatable bonds is 7. The number of ether oxygens (including phenoxy) is 2. The molecule has 0 fully saturated rings. The van der Waals surface area contributed by atoms with Crippen LogP contribution in [0.2, 0.25) is 5.02 Å². The fourth-order valence-electron chi connectivity index (χ4n) is 2.54. The molecule has 0 N–H and O–H groups in total. The van der Waals surface area contributed by atoms with Crippen LogP contribution in [0.25, 0.3) is 5.69 Å². The maximum absolute atomic E-state index is 12.0. The van der Waals surface area contributed by atoms with Crippen molar-refractivity contribution in [3.63, 3.8) is 0 Å². The molecule has 0 amide bonds. The lowest BCUT2D eigenvalue weighted by molar-refractivity contribution is -0.132. The maximum atomic E-state index is 12.0. The minimum Gasteiger partial charge on any atom is -0.472 e. The Labute approximate surface area is 167 Å². The Morgan fingerprint density at radius 2 is 1.86 bits per heavy atom. The first-order valence-electron chi connectivity index (χ1n) is 8.34. The number of benzene rings is 2. The monoisotopic (exact) mass is 399 g/mol. The molecule has 3 rings (SSSR count). The Balaban J connectivity index is 1.78. The van der Waals surface area contributed by atoms with Gasteiger partial charge in [0.15, 0.2) is 5.71 Å². The summed E-state index contributed by atoms with van der Waals surface area (Å²) < 4.78 is 12.3. The molecule has 8 heteroatoms. The highest BCUT2D eigenvalue weighted by Gasteiger charge is 2.19. The fraction of sp³-hybridized carbons (Fsp3) is 0.150. The maximum Gasteiger partial charge on any atom is 0.360 e. The van der Waals surface area contributed by atoms with Crippen LogP contribution >= 0.6 is 11.6 Å². The molecule has 0 saturated carbocycles. The number of oxime groups is 1. The van der Waals surface area contributed by atoms with Gasteiger partial charge < -0.3 is 14.3 Å². The summed E-state index contributed by atoms with van der Waals surface area (Å²) in [7, 11) is 2.65. The number of halogens is 1. The first-order valence-corrected chi connectivity index (χ1v) is 8.72. The van der Waals surface area contributed by atoms with Crippen LogP contribution in [0.15, 0.2) is 65.9 Å². The number of hydrogen-bond acceptors (Lipinski definition) is 6. The molecule has 0 bridgehead atoms. The second-order valence-electron chi connectivity index (χ2n) is 5.63. The zero-order chi connectivity index (χ0) is 19.9.